The number of carbonyl (C=O) groups excluding carboxylic acids is 2. The second-order valence-electron chi connectivity index (χ2n) is 8.61. The number of pyridine rings is 1. The van der Waals surface area contributed by atoms with Crippen LogP contribution in [0.1, 0.15) is 70.1 Å². The Morgan fingerprint density at radius 3 is 2.35 bits per heavy atom. The Bertz CT molecular complexity index is 1320. The van der Waals surface area contributed by atoms with Crippen LogP contribution in [0.5, 0.6) is 0 Å². The molecule has 5 nitrogen and oxygen atoms in total. The molecular weight excluding hydrogens is 445 g/mol. The normalized spacial score (nSPS) is 13.6. The summed E-state index contributed by atoms with van der Waals surface area (Å²) >= 11 is 0. The fourth-order valence-electron chi connectivity index (χ4n) is 4.11. The molecule has 1 N–H and O–H groups in total. The zero-order chi connectivity index (χ0) is 24.6. The van der Waals surface area contributed by atoms with E-state index in [1.165, 1.54) is 22.8 Å². The number of hydrogen-bond acceptors (Lipinski definition) is 3. The van der Waals surface area contributed by atoms with E-state index >= 15 is 0 Å². The zero-order valence-electron chi connectivity index (χ0n) is 18.7. The molecule has 1 heterocycles. The third-order valence-corrected chi connectivity index (χ3v) is 5.93. The number of carbonyl (C=O) groups is 2. The van der Waals surface area contributed by atoms with Crippen LogP contribution in [-0.4, -0.2) is 16.3 Å². The van der Waals surface area contributed by atoms with Gasteiger partial charge in [-0.2, -0.15) is 13.2 Å². The SMILES string of the molecule is CC(C)c1ccc(-n2c3c(cc(C(=O)Nc4cccc(C(F)(F)F)c4)c2=O)C(=O)CCC3)cc1. The van der Waals surface area contributed by atoms with E-state index in [1.807, 2.05) is 26.0 Å². The fraction of sp³-hybridized carbons (Fsp3) is 0.269. The number of benzene rings is 2. The Kier molecular flexibility index (Phi) is 6.17. The number of fused-ring (bicyclic) bond motifs is 1. The van der Waals surface area contributed by atoms with Gasteiger partial charge in [0.1, 0.15) is 5.56 Å². The lowest BCUT2D eigenvalue weighted by molar-refractivity contribution is -0.137. The summed E-state index contributed by atoms with van der Waals surface area (Å²) in [4.78, 5) is 39.1. The smallest absolute Gasteiger partial charge is 0.322 e. The van der Waals surface area contributed by atoms with Gasteiger partial charge in [-0.3, -0.25) is 19.0 Å². The third-order valence-electron chi connectivity index (χ3n) is 5.93. The first-order chi connectivity index (χ1) is 16.1. The van der Waals surface area contributed by atoms with Crippen molar-refractivity contribution in [3.63, 3.8) is 0 Å². The number of rotatable bonds is 4. The van der Waals surface area contributed by atoms with Crippen LogP contribution in [0.25, 0.3) is 5.69 Å². The molecule has 0 atom stereocenters. The van der Waals surface area contributed by atoms with E-state index in [9.17, 15) is 27.6 Å². The highest BCUT2D eigenvalue weighted by molar-refractivity contribution is 6.06. The summed E-state index contributed by atoms with van der Waals surface area (Å²) < 4.78 is 40.5. The molecule has 176 valence electrons. The summed E-state index contributed by atoms with van der Waals surface area (Å²) in [5.74, 6) is -0.772. The molecule has 0 saturated heterocycles. The van der Waals surface area contributed by atoms with Crippen molar-refractivity contribution in [1.82, 2.24) is 4.57 Å². The van der Waals surface area contributed by atoms with Crippen molar-refractivity contribution in [2.75, 3.05) is 5.32 Å². The summed E-state index contributed by atoms with van der Waals surface area (Å²) in [6.45, 7) is 4.08. The lowest BCUT2D eigenvalue weighted by Gasteiger charge is -2.22. The monoisotopic (exact) mass is 468 g/mol. The summed E-state index contributed by atoms with van der Waals surface area (Å²) in [5, 5.41) is 2.37. The standard InChI is InChI=1S/C26H23F3N2O3/c1-15(2)16-9-11-19(12-10-16)31-22-7-4-8-23(32)20(22)14-21(25(31)34)24(33)30-18-6-3-5-17(13-18)26(27,28)29/h3,5-6,9-15H,4,7-8H2,1-2H3,(H,30,33). The maximum Gasteiger partial charge on any atom is 0.416 e. The molecule has 4 rings (SSSR count). The highest BCUT2D eigenvalue weighted by atomic mass is 19.4. The number of amides is 1. The van der Waals surface area contributed by atoms with Crippen molar-refractivity contribution in [1.29, 1.82) is 0 Å². The number of ketones is 1. The first-order valence-electron chi connectivity index (χ1n) is 11.0. The van der Waals surface area contributed by atoms with Crippen LogP contribution >= 0.6 is 0 Å². The van der Waals surface area contributed by atoms with Gasteiger partial charge in [-0.1, -0.05) is 32.0 Å². The number of alkyl halides is 3. The Balaban J connectivity index is 1.80. The lowest BCUT2D eigenvalue weighted by Crippen LogP contribution is -2.33. The average molecular weight is 468 g/mol. The van der Waals surface area contributed by atoms with Gasteiger partial charge in [-0.05, 0) is 60.7 Å². The molecule has 3 aromatic rings. The van der Waals surface area contributed by atoms with Crippen LogP contribution in [-0.2, 0) is 12.6 Å². The predicted octanol–water partition coefficient (Wildman–Crippen LogP) is 5.75. The van der Waals surface area contributed by atoms with Crippen molar-refractivity contribution in [2.24, 2.45) is 0 Å². The van der Waals surface area contributed by atoms with Gasteiger partial charge in [0, 0.05) is 29.1 Å². The van der Waals surface area contributed by atoms with Crippen LogP contribution in [0, 0.1) is 0 Å². The number of hydrogen-bond donors (Lipinski definition) is 1. The molecule has 1 aromatic heterocycles. The first-order valence-corrected chi connectivity index (χ1v) is 11.0. The molecule has 0 fully saturated rings. The van der Waals surface area contributed by atoms with Gasteiger partial charge in [0.25, 0.3) is 11.5 Å². The Hall–Kier alpha value is -3.68. The van der Waals surface area contributed by atoms with Crippen LogP contribution in [0.3, 0.4) is 0 Å². The minimum Gasteiger partial charge on any atom is -0.322 e. The van der Waals surface area contributed by atoms with E-state index < -0.39 is 23.2 Å². The van der Waals surface area contributed by atoms with E-state index in [4.69, 9.17) is 0 Å². The van der Waals surface area contributed by atoms with Crippen LogP contribution in [0.4, 0.5) is 18.9 Å². The molecule has 0 saturated carbocycles. The number of nitrogens with zero attached hydrogens (tertiary/aromatic N) is 1. The topological polar surface area (TPSA) is 68.2 Å². The number of aromatic nitrogens is 1. The van der Waals surface area contributed by atoms with Crippen molar-refractivity contribution in [3.05, 3.63) is 92.9 Å². The van der Waals surface area contributed by atoms with Crippen LogP contribution < -0.4 is 10.9 Å². The van der Waals surface area contributed by atoms with Crippen LogP contribution in [0.15, 0.2) is 59.4 Å². The molecular formula is C26H23F3N2O3. The zero-order valence-corrected chi connectivity index (χ0v) is 18.7. The third kappa shape index (κ3) is 4.53. The number of halogens is 3. The maximum absolute atomic E-state index is 13.4. The molecule has 0 unspecified atom stereocenters. The Morgan fingerprint density at radius 2 is 1.71 bits per heavy atom. The molecule has 1 aliphatic carbocycles. The van der Waals surface area contributed by atoms with Crippen molar-refractivity contribution in [2.45, 2.75) is 45.2 Å². The van der Waals surface area contributed by atoms with E-state index in [0.717, 1.165) is 17.7 Å². The van der Waals surface area contributed by atoms with Crippen molar-refractivity contribution in [3.8, 4) is 5.69 Å². The van der Waals surface area contributed by atoms with E-state index in [2.05, 4.69) is 5.32 Å². The summed E-state index contributed by atoms with van der Waals surface area (Å²) in [5.41, 5.74) is 0.454. The van der Waals surface area contributed by atoms with E-state index in [0.29, 0.717) is 30.6 Å². The molecule has 1 amide bonds. The van der Waals surface area contributed by atoms with E-state index in [1.54, 1.807) is 12.1 Å². The van der Waals surface area contributed by atoms with Gasteiger partial charge in [0.15, 0.2) is 5.78 Å². The number of anilines is 1. The Labute approximate surface area is 194 Å². The lowest BCUT2D eigenvalue weighted by atomic mass is 9.92. The van der Waals surface area contributed by atoms with Gasteiger partial charge >= 0.3 is 6.18 Å². The highest BCUT2D eigenvalue weighted by Gasteiger charge is 2.31. The second kappa shape index (κ2) is 8.93. The average Bonchev–Trinajstić information content (AvgIpc) is 2.78. The maximum atomic E-state index is 13.4. The van der Waals surface area contributed by atoms with E-state index in [-0.39, 0.29) is 28.5 Å². The van der Waals surface area contributed by atoms with Gasteiger partial charge in [0.05, 0.1) is 5.56 Å². The fourth-order valence-corrected chi connectivity index (χ4v) is 4.11. The molecule has 0 radical (unpaired) electrons. The van der Waals surface area contributed by atoms with Gasteiger partial charge in [-0.25, -0.2) is 0 Å². The minimum atomic E-state index is -4.58. The van der Waals surface area contributed by atoms with Gasteiger partial charge in [0.2, 0.25) is 0 Å². The molecule has 8 heteroatoms. The minimum absolute atomic E-state index is 0.101. The molecule has 0 aliphatic heterocycles. The summed E-state index contributed by atoms with van der Waals surface area (Å²) in [6.07, 6.45) is -3.19. The molecule has 34 heavy (non-hydrogen) atoms. The quantitative estimate of drug-likeness (QED) is 0.530. The number of nitrogens with one attached hydrogen (secondary N) is 1. The first kappa shape index (κ1) is 23.5. The van der Waals surface area contributed by atoms with Crippen molar-refractivity contribution >= 4 is 17.4 Å². The molecule has 0 spiro atoms. The summed E-state index contributed by atoms with van der Waals surface area (Å²) in [6, 6.07) is 12.7. The molecule has 0 bridgehead atoms. The molecule has 1 aliphatic rings. The van der Waals surface area contributed by atoms with Crippen LogP contribution in [0.2, 0.25) is 0 Å². The summed E-state index contributed by atoms with van der Waals surface area (Å²) in [7, 11) is 0. The van der Waals surface area contributed by atoms with Gasteiger partial charge in [-0.15, -0.1) is 0 Å². The predicted molar refractivity (Wildman–Crippen MR) is 123 cm³/mol. The largest absolute Gasteiger partial charge is 0.416 e. The van der Waals surface area contributed by atoms with Gasteiger partial charge < -0.3 is 5.32 Å². The number of Topliss-reactive ketones (excluding diaryl/α,β-unsaturated/α-hetero) is 1. The highest BCUT2D eigenvalue weighted by Crippen LogP contribution is 2.31. The Morgan fingerprint density at radius 1 is 1.00 bits per heavy atom. The second-order valence-corrected chi connectivity index (χ2v) is 8.61. The molecule has 2 aromatic carbocycles. The van der Waals surface area contributed by atoms with Crippen molar-refractivity contribution < 1.29 is 22.8 Å².